The van der Waals surface area contributed by atoms with E-state index in [0.29, 0.717) is 12.5 Å². The molecule has 2 aromatic rings. The minimum absolute atomic E-state index is 0.00816. The molecule has 0 spiro atoms. The lowest BCUT2D eigenvalue weighted by atomic mass is 9.96. The number of sulfone groups is 1. The van der Waals surface area contributed by atoms with Crippen molar-refractivity contribution in [1.82, 2.24) is 10.2 Å². The quantitative estimate of drug-likeness (QED) is 0.732. The minimum atomic E-state index is -3.40. The first-order valence-corrected chi connectivity index (χ1v) is 11.9. The third kappa shape index (κ3) is 6.16. The number of carbonyl (C=O) groups is 1. The van der Waals surface area contributed by atoms with Crippen LogP contribution in [0.15, 0.2) is 52.1 Å². The molecular weight excluding hydrogens is 380 g/mol. The van der Waals surface area contributed by atoms with Crippen molar-refractivity contribution in [3.05, 3.63) is 52.7 Å². The van der Waals surface area contributed by atoms with Crippen molar-refractivity contribution in [3.63, 3.8) is 0 Å². The third-order valence-corrected chi connectivity index (χ3v) is 7.45. The van der Waals surface area contributed by atoms with Gasteiger partial charge < -0.3 is 5.32 Å². The van der Waals surface area contributed by atoms with Gasteiger partial charge in [0.05, 0.1) is 10.6 Å². The van der Waals surface area contributed by atoms with Gasteiger partial charge in [0.2, 0.25) is 5.91 Å². The van der Waals surface area contributed by atoms with E-state index >= 15 is 0 Å². The van der Waals surface area contributed by atoms with E-state index in [1.807, 2.05) is 0 Å². The Morgan fingerprint density at radius 3 is 2.56 bits per heavy atom. The zero-order valence-corrected chi connectivity index (χ0v) is 17.0. The molecule has 1 aliphatic rings. The maximum Gasteiger partial charge on any atom is 0.221 e. The Morgan fingerprint density at radius 1 is 1.15 bits per heavy atom. The summed E-state index contributed by atoms with van der Waals surface area (Å²) in [5.74, 6) is 0.135. The molecular formula is C20H26N2O3S2. The second kappa shape index (κ2) is 9.48. The number of amides is 1. The lowest BCUT2D eigenvalue weighted by Gasteiger charge is -2.31. The van der Waals surface area contributed by atoms with Gasteiger partial charge in [0, 0.05) is 19.5 Å². The largest absolute Gasteiger partial charge is 0.356 e. The van der Waals surface area contributed by atoms with Gasteiger partial charge in [0.25, 0.3) is 0 Å². The van der Waals surface area contributed by atoms with Crippen LogP contribution < -0.4 is 5.32 Å². The van der Waals surface area contributed by atoms with Crippen LogP contribution in [0.4, 0.5) is 0 Å². The minimum Gasteiger partial charge on any atom is -0.356 e. The van der Waals surface area contributed by atoms with Crippen LogP contribution in [0, 0.1) is 5.92 Å². The van der Waals surface area contributed by atoms with Gasteiger partial charge in [-0.15, -0.1) is 0 Å². The van der Waals surface area contributed by atoms with Crippen molar-refractivity contribution in [1.29, 1.82) is 0 Å². The summed E-state index contributed by atoms with van der Waals surface area (Å²) in [6, 6.07) is 10.5. The first-order valence-electron chi connectivity index (χ1n) is 9.31. The Kier molecular flexibility index (Phi) is 7.04. The van der Waals surface area contributed by atoms with Crippen LogP contribution in [-0.4, -0.2) is 44.6 Å². The molecule has 146 valence electrons. The Balaban J connectivity index is 1.35. The van der Waals surface area contributed by atoms with E-state index < -0.39 is 9.84 Å². The van der Waals surface area contributed by atoms with E-state index in [1.54, 1.807) is 41.7 Å². The molecule has 0 unspecified atom stereocenters. The first kappa shape index (κ1) is 20.0. The molecule has 1 aromatic heterocycles. The van der Waals surface area contributed by atoms with Crippen LogP contribution in [0.25, 0.3) is 0 Å². The van der Waals surface area contributed by atoms with Gasteiger partial charge in [-0.25, -0.2) is 8.42 Å². The molecule has 0 aliphatic carbocycles. The summed E-state index contributed by atoms with van der Waals surface area (Å²) >= 11 is 1.73. The highest BCUT2D eigenvalue weighted by molar-refractivity contribution is 7.91. The van der Waals surface area contributed by atoms with Crippen LogP contribution in [0.3, 0.4) is 0 Å². The fourth-order valence-corrected chi connectivity index (χ4v) is 5.23. The smallest absolute Gasteiger partial charge is 0.221 e. The summed E-state index contributed by atoms with van der Waals surface area (Å²) in [6.45, 7) is 3.72. The van der Waals surface area contributed by atoms with Gasteiger partial charge in [-0.3, -0.25) is 9.69 Å². The van der Waals surface area contributed by atoms with Crippen LogP contribution in [0.1, 0.15) is 24.8 Å². The Hall–Kier alpha value is -1.70. The Morgan fingerprint density at radius 2 is 1.89 bits per heavy atom. The summed E-state index contributed by atoms with van der Waals surface area (Å²) in [6.07, 6.45) is 2.13. The number of benzene rings is 1. The van der Waals surface area contributed by atoms with Gasteiger partial charge in [0.1, 0.15) is 0 Å². The lowest BCUT2D eigenvalue weighted by molar-refractivity contribution is -0.120. The van der Waals surface area contributed by atoms with Crippen molar-refractivity contribution in [2.75, 3.05) is 25.4 Å². The molecule has 1 aliphatic heterocycles. The van der Waals surface area contributed by atoms with Gasteiger partial charge >= 0.3 is 0 Å². The van der Waals surface area contributed by atoms with Crippen molar-refractivity contribution in [3.8, 4) is 0 Å². The normalized spacial score (nSPS) is 16.3. The highest BCUT2D eigenvalue weighted by Crippen LogP contribution is 2.19. The molecule has 1 N–H and O–H groups in total. The molecule has 1 aromatic carbocycles. The molecule has 0 radical (unpaired) electrons. The molecule has 0 bridgehead atoms. The van der Waals surface area contributed by atoms with Crippen LogP contribution in [-0.2, 0) is 21.2 Å². The van der Waals surface area contributed by atoms with Gasteiger partial charge in [-0.2, -0.15) is 11.3 Å². The molecule has 3 rings (SSSR count). The molecule has 5 nitrogen and oxygen atoms in total. The van der Waals surface area contributed by atoms with E-state index in [1.165, 1.54) is 5.56 Å². The second-order valence-corrected chi connectivity index (χ2v) is 9.93. The average molecular weight is 407 g/mol. The summed E-state index contributed by atoms with van der Waals surface area (Å²) < 4.78 is 24.4. The number of carbonyl (C=O) groups excluding carboxylic acids is 1. The fourth-order valence-electron chi connectivity index (χ4n) is 3.31. The van der Waals surface area contributed by atoms with Crippen molar-refractivity contribution < 1.29 is 13.2 Å². The van der Waals surface area contributed by atoms with Crippen molar-refractivity contribution in [2.45, 2.75) is 30.7 Å². The summed E-state index contributed by atoms with van der Waals surface area (Å²) in [7, 11) is -3.40. The van der Waals surface area contributed by atoms with Gasteiger partial charge in [-0.1, -0.05) is 18.2 Å². The average Bonchev–Trinajstić information content (AvgIpc) is 3.20. The highest BCUT2D eigenvalue weighted by Gasteiger charge is 2.21. The molecule has 27 heavy (non-hydrogen) atoms. The molecule has 1 amide bonds. The molecule has 1 fully saturated rings. The standard InChI is InChI=1S/C20H26N2O3S2/c23-20(9-13-27(24,25)19-4-2-1-3-5-19)21-14-17-6-10-22(11-7-17)15-18-8-12-26-16-18/h1-5,8,12,16-17H,6-7,9-11,13-15H2,(H,21,23). The predicted molar refractivity (Wildman–Crippen MR) is 108 cm³/mol. The van der Waals surface area contributed by atoms with E-state index in [0.717, 1.165) is 32.5 Å². The second-order valence-electron chi connectivity index (χ2n) is 7.04. The predicted octanol–water partition coefficient (Wildman–Crippen LogP) is 2.94. The maximum absolute atomic E-state index is 12.2. The van der Waals surface area contributed by atoms with E-state index in [2.05, 4.69) is 27.0 Å². The number of nitrogens with zero attached hydrogens (tertiary/aromatic N) is 1. The molecule has 7 heteroatoms. The number of likely N-dealkylation sites (tertiary alicyclic amines) is 1. The van der Waals surface area contributed by atoms with Crippen molar-refractivity contribution in [2.24, 2.45) is 5.92 Å². The maximum atomic E-state index is 12.2. The lowest BCUT2D eigenvalue weighted by Crippen LogP contribution is -2.38. The third-order valence-electron chi connectivity index (χ3n) is 4.98. The Bertz CT molecular complexity index is 812. The van der Waals surface area contributed by atoms with E-state index in [-0.39, 0.29) is 23.0 Å². The van der Waals surface area contributed by atoms with Crippen LogP contribution in [0.2, 0.25) is 0 Å². The monoisotopic (exact) mass is 406 g/mol. The zero-order valence-electron chi connectivity index (χ0n) is 15.3. The zero-order chi connectivity index (χ0) is 19.1. The summed E-state index contributed by atoms with van der Waals surface area (Å²) in [5, 5.41) is 7.21. The number of hydrogen-bond acceptors (Lipinski definition) is 5. The molecule has 0 atom stereocenters. The summed E-state index contributed by atoms with van der Waals surface area (Å²) in [4.78, 5) is 14.8. The molecule has 1 saturated heterocycles. The number of rotatable bonds is 8. The van der Waals surface area contributed by atoms with Crippen molar-refractivity contribution >= 4 is 27.1 Å². The summed E-state index contributed by atoms with van der Waals surface area (Å²) in [5.41, 5.74) is 1.37. The first-order chi connectivity index (χ1) is 13.0. The number of thiophene rings is 1. The van der Waals surface area contributed by atoms with Gasteiger partial charge in [-0.05, 0) is 66.4 Å². The SMILES string of the molecule is O=C(CCS(=O)(=O)c1ccccc1)NCC1CCN(Cc2ccsc2)CC1. The van der Waals surface area contributed by atoms with Gasteiger partial charge in [0.15, 0.2) is 9.84 Å². The number of piperidine rings is 1. The number of hydrogen-bond donors (Lipinski definition) is 1. The molecule has 0 saturated carbocycles. The van der Waals surface area contributed by atoms with Crippen LogP contribution >= 0.6 is 11.3 Å². The Labute approximate surface area is 165 Å². The van der Waals surface area contributed by atoms with E-state index in [4.69, 9.17) is 0 Å². The highest BCUT2D eigenvalue weighted by atomic mass is 32.2. The number of nitrogens with one attached hydrogen (secondary N) is 1. The fraction of sp³-hybridized carbons (Fsp3) is 0.450. The topological polar surface area (TPSA) is 66.5 Å². The molecule has 2 heterocycles. The van der Waals surface area contributed by atoms with E-state index in [9.17, 15) is 13.2 Å². The van der Waals surface area contributed by atoms with Crippen LogP contribution in [0.5, 0.6) is 0 Å².